The van der Waals surface area contributed by atoms with Gasteiger partial charge in [-0.05, 0) is 6.92 Å². The zero-order valence-corrected chi connectivity index (χ0v) is 15.0. The number of ketones is 1. The molecule has 1 unspecified atom stereocenters. The second-order valence-corrected chi connectivity index (χ2v) is 6.35. The monoisotopic (exact) mass is 366 g/mol. The molecule has 136 valence electrons. The summed E-state index contributed by atoms with van der Waals surface area (Å²) in [4.78, 5) is 47.6. The number of thioether (sulfide) groups is 1. The first-order valence-corrected chi connectivity index (χ1v) is 8.91. The van der Waals surface area contributed by atoms with Crippen LogP contribution in [0.5, 0.6) is 0 Å². The lowest BCUT2D eigenvalue weighted by molar-refractivity contribution is -0.148. The average molecular weight is 366 g/mol. The van der Waals surface area contributed by atoms with Crippen LogP contribution in [0.3, 0.4) is 0 Å². The Hall–Kier alpha value is -2.35. The first-order valence-electron chi connectivity index (χ1n) is 7.75. The van der Waals surface area contributed by atoms with Gasteiger partial charge in [-0.15, -0.1) is 11.8 Å². The summed E-state index contributed by atoms with van der Waals surface area (Å²) in [6.07, 6.45) is 0. The molecule has 0 aliphatic carbocycles. The summed E-state index contributed by atoms with van der Waals surface area (Å²) < 4.78 is 0. The summed E-state index contributed by atoms with van der Waals surface area (Å²) in [6.45, 7) is 3.02. The largest absolute Gasteiger partial charge is 0.480 e. The molecule has 0 saturated carbocycles. The van der Waals surface area contributed by atoms with E-state index >= 15 is 0 Å². The van der Waals surface area contributed by atoms with E-state index in [-0.39, 0.29) is 42.2 Å². The molecular weight excluding hydrogens is 344 g/mol. The van der Waals surface area contributed by atoms with Gasteiger partial charge in [-0.2, -0.15) is 0 Å². The van der Waals surface area contributed by atoms with Crippen molar-refractivity contribution < 1.29 is 24.3 Å². The number of amides is 2. The molecule has 0 aromatic heterocycles. The fourth-order valence-corrected chi connectivity index (χ4v) is 2.84. The molecule has 2 N–H and O–H groups in total. The second kappa shape index (κ2) is 10.5. The molecule has 0 aliphatic rings. The van der Waals surface area contributed by atoms with Gasteiger partial charge in [-0.3, -0.25) is 14.4 Å². The lowest BCUT2D eigenvalue weighted by Gasteiger charge is -2.26. The van der Waals surface area contributed by atoms with Crippen LogP contribution in [-0.4, -0.2) is 64.2 Å². The third-order valence-corrected chi connectivity index (χ3v) is 4.34. The smallest absolute Gasteiger partial charge is 0.326 e. The molecule has 1 atom stereocenters. The number of rotatable bonds is 10. The van der Waals surface area contributed by atoms with Crippen LogP contribution in [0.2, 0.25) is 0 Å². The number of Topliss-reactive ketones (excluding diaryl/α,β-unsaturated/α-hetero) is 1. The van der Waals surface area contributed by atoms with Gasteiger partial charge in [0.25, 0.3) is 0 Å². The molecule has 1 rings (SSSR count). The van der Waals surface area contributed by atoms with E-state index in [1.807, 2.05) is 6.07 Å². The molecule has 0 fully saturated rings. The Kier molecular flexibility index (Phi) is 8.69. The third kappa shape index (κ3) is 7.38. The van der Waals surface area contributed by atoms with Crippen molar-refractivity contribution in [2.24, 2.45) is 0 Å². The maximum absolute atomic E-state index is 12.3. The van der Waals surface area contributed by atoms with Gasteiger partial charge in [0.15, 0.2) is 5.78 Å². The van der Waals surface area contributed by atoms with Gasteiger partial charge in [-0.25, -0.2) is 4.79 Å². The highest BCUT2D eigenvalue weighted by Crippen LogP contribution is 2.10. The van der Waals surface area contributed by atoms with E-state index in [1.54, 1.807) is 24.3 Å². The highest BCUT2D eigenvalue weighted by atomic mass is 32.2. The van der Waals surface area contributed by atoms with Gasteiger partial charge in [0.1, 0.15) is 6.04 Å². The SMILES string of the molecule is CC(=O)NCCN(C(=O)CSCC(=O)c1ccccc1)C(C)C(=O)O. The molecule has 0 aliphatic heterocycles. The summed E-state index contributed by atoms with van der Waals surface area (Å²) in [5.41, 5.74) is 0.573. The Labute approximate surface area is 150 Å². The maximum Gasteiger partial charge on any atom is 0.326 e. The normalized spacial score (nSPS) is 11.4. The average Bonchev–Trinajstić information content (AvgIpc) is 2.58. The van der Waals surface area contributed by atoms with Gasteiger partial charge >= 0.3 is 5.97 Å². The van der Waals surface area contributed by atoms with E-state index in [0.29, 0.717) is 5.56 Å². The molecule has 8 heteroatoms. The Bertz CT molecular complexity index is 621. The number of carbonyl (C=O) groups excluding carboxylic acids is 3. The van der Waals surface area contributed by atoms with Crippen LogP contribution in [0.1, 0.15) is 24.2 Å². The second-order valence-electron chi connectivity index (χ2n) is 5.37. The number of nitrogens with zero attached hydrogens (tertiary/aromatic N) is 1. The topological polar surface area (TPSA) is 104 Å². The van der Waals surface area contributed by atoms with Crippen molar-refractivity contribution >= 4 is 35.3 Å². The van der Waals surface area contributed by atoms with Crippen LogP contribution in [-0.2, 0) is 14.4 Å². The van der Waals surface area contributed by atoms with E-state index in [4.69, 9.17) is 5.11 Å². The fourth-order valence-electron chi connectivity index (χ4n) is 2.04. The van der Waals surface area contributed by atoms with Gasteiger partial charge < -0.3 is 15.3 Å². The Balaban J connectivity index is 2.54. The molecular formula is C17H22N2O5S. The molecule has 0 spiro atoms. The molecule has 7 nitrogen and oxygen atoms in total. The van der Waals surface area contributed by atoms with Crippen LogP contribution in [0.25, 0.3) is 0 Å². The number of hydrogen-bond donors (Lipinski definition) is 2. The molecule has 0 heterocycles. The molecule has 1 aromatic carbocycles. The Morgan fingerprint density at radius 3 is 2.36 bits per heavy atom. The summed E-state index contributed by atoms with van der Waals surface area (Å²) >= 11 is 1.14. The number of hydrogen-bond acceptors (Lipinski definition) is 5. The lowest BCUT2D eigenvalue weighted by atomic mass is 10.2. The first-order chi connectivity index (χ1) is 11.8. The first kappa shape index (κ1) is 20.7. The van der Waals surface area contributed by atoms with E-state index < -0.39 is 12.0 Å². The predicted molar refractivity (Wildman–Crippen MR) is 95.6 cm³/mol. The van der Waals surface area contributed by atoms with E-state index in [9.17, 15) is 19.2 Å². The van der Waals surface area contributed by atoms with Gasteiger partial charge in [0, 0.05) is 25.6 Å². The van der Waals surface area contributed by atoms with Crippen LogP contribution in [0.4, 0.5) is 0 Å². The minimum atomic E-state index is -1.12. The highest BCUT2D eigenvalue weighted by molar-refractivity contribution is 8.00. The molecule has 0 bridgehead atoms. The molecule has 2 amide bonds. The van der Waals surface area contributed by atoms with E-state index in [1.165, 1.54) is 18.7 Å². The number of nitrogens with one attached hydrogen (secondary N) is 1. The Morgan fingerprint density at radius 1 is 1.16 bits per heavy atom. The van der Waals surface area contributed by atoms with Crippen molar-refractivity contribution in [2.45, 2.75) is 19.9 Å². The van der Waals surface area contributed by atoms with Crippen molar-refractivity contribution in [2.75, 3.05) is 24.6 Å². The fraction of sp³-hybridized carbons (Fsp3) is 0.412. The van der Waals surface area contributed by atoms with Gasteiger partial charge in [0.2, 0.25) is 11.8 Å². The maximum atomic E-state index is 12.3. The van der Waals surface area contributed by atoms with Crippen LogP contribution in [0, 0.1) is 0 Å². The molecule has 0 radical (unpaired) electrons. The van der Waals surface area contributed by atoms with Crippen LogP contribution >= 0.6 is 11.8 Å². The molecule has 25 heavy (non-hydrogen) atoms. The minimum absolute atomic E-state index is 0.00371. The number of benzene rings is 1. The van der Waals surface area contributed by atoms with E-state index in [0.717, 1.165) is 11.8 Å². The van der Waals surface area contributed by atoms with Gasteiger partial charge in [0.05, 0.1) is 11.5 Å². The summed E-state index contributed by atoms with van der Waals surface area (Å²) in [5, 5.41) is 11.7. The van der Waals surface area contributed by atoms with Crippen molar-refractivity contribution in [1.29, 1.82) is 0 Å². The number of aliphatic carboxylic acids is 1. The Morgan fingerprint density at radius 2 is 1.80 bits per heavy atom. The molecule has 1 aromatic rings. The van der Waals surface area contributed by atoms with Crippen molar-refractivity contribution in [3.63, 3.8) is 0 Å². The quantitative estimate of drug-likeness (QED) is 0.600. The van der Waals surface area contributed by atoms with Crippen molar-refractivity contribution in [3.05, 3.63) is 35.9 Å². The minimum Gasteiger partial charge on any atom is -0.480 e. The summed E-state index contributed by atoms with van der Waals surface area (Å²) in [6, 6.07) is 7.75. The zero-order chi connectivity index (χ0) is 18.8. The molecule has 0 saturated heterocycles. The van der Waals surface area contributed by atoms with Crippen LogP contribution in [0.15, 0.2) is 30.3 Å². The number of carboxylic acids is 1. The lowest BCUT2D eigenvalue weighted by Crippen LogP contribution is -2.47. The van der Waals surface area contributed by atoms with Gasteiger partial charge in [-0.1, -0.05) is 30.3 Å². The van der Waals surface area contributed by atoms with Crippen molar-refractivity contribution in [1.82, 2.24) is 10.2 Å². The van der Waals surface area contributed by atoms with E-state index in [2.05, 4.69) is 5.32 Å². The summed E-state index contributed by atoms with van der Waals surface area (Å²) in [5.74, 6) is -1.71. The third-order valence-electron chi connectivity index (χ3n) is 3.43. The predicted octanol–water partition coefficient (Wildman–Crippen LogP) is 1.04. The van der Waals surface area contributed by atoms with Crippen molar-refractivity contribution in [3.8, 4) is 0 Å². The van der Waals surface area contributed by atoms with Crippen LogP contribution < -0.4 is 5.32 Å². The highest BCUT2D eigenvalue weighted by Gasteiger charge is 2.25. The zero-order valence-electron chi connectivity index (χ0n) is 14.2. The standard InChI is InChI=1S/C17H22N2O5S/c1-12(17(23)24)19(9-8-18-13(2)20)16(22)11-25-10-15(21)14-6-4-3-5-7-14/h3-7,12H,8-11H2,1-2H3,(H,18,20)(H,23,24). The number of carboxylic acid groups (broad SMARTS) is 1. The summed E-state index contributed by atoms with van der Waals surface area (Å²) in [7, 11) is 0. The number of carbonyl (C=O) groups is 4.